The van der Waals surface area contributed by atoms with Crippen LogP contribution in [0.3, 0.4) is 0 Å². The lowest BCUT2D eigenvalue weighted by atomic mass is 10.4. The molecule has 64 valence electrons. The quantitative estimate of drug-likeness (QED) is 0.304. The molecule has 7 nitrogen and oxygen atoms in total. The average Bonchev–Trinajstić information content (AvgIpc) is 2.04. The number of carbonyl (C=O) groups excluding carboxylic acids is 2. The summed E-state index contributed by atoms with van der Waals surface area (Å²) in [5.41, 5.74) is 4.00. The van der Waals surface area contributed by atoms with Gasteiger partial charge in [-0.15, -0.1) is 0 Å². The fraction of sp³-hybridized carbons (Fsp3) is 0.200. The van der Waals surface area contributed by atoms with Gasteiger partial charge in [-0.05, 0) is 0 Å². The van der Waals surface area contributed by atoms with Crippen LogP contribution in [0.25, 0.3) is 0 Å². The predicted molar refractivity (Wildman–Crippen MR) is 37.8 cm³/mol. The number of nitriles is 1. The molecule has 3 N–H and O–H groups in total. The summed E-state index contributed by atoms with van der Waals surface area (Å²) in [6.45, 7) is 0. The summed E-state index contributed by atoms with van der Waals surface area (Å²) in [5.74, 6) is -1.05. The number of nitrogens with two attached hydrogens (primary N) is 1. The van der Waals surface area contributed by atoms with Gasteiger partial charge in [-0.1, -0.05) is 5.16 Å². The molecule has 0 saturated heterocycles. The third kappa shape index (κ3) is 3.17. The van der Waals surface area contributed by atoms with Gasteiger partial charge in [-0.2, -0.15) is 5.26 Å². The molecule has 2 amide bonds. The number of hydrogen-bond acceptors (Lipinski definition) is 5. The van der Waals surface area contributed by atoms with E-state index in [0.717, 1.165) is 0 Å². The molecule has 0 bridgehead atoms. The summed E-state index contributed by atoms with van der Waals surface area (Å²) >= 11 is 0. The van der Waals surface area contributed by atoms with Gasteiger partial charge < -0.3 is 11.1 Å². The Labute approximate surface area is 67.8 Å². The number of hydrogen-bond donors (Lipinski definition) is 2. The SMILES string of the molecule is CNC(=O)O/N=C(/C#N)C(N)=O. The third-order valence-corrected chi connectivity index (χ3v) is 0.763. The molecule has 0 saturated carbocycles. The average molecular weight is 170 g/mol. The van der Waals surface area contributed by atoms with Crippen LogP contribution in [0.2, 0.25) is 0 Å². The second-order valence-corrected chi connectivity index (χ2v) is 1.54. The number of primary amides is 1. The van der Waals surface area contributed by atoms with E-state index in [4.69, 9.17) is 5.26 Å². The molecule has 12 heavy (non-hydrogen) atoms. The highest BCUT2D eigenvalue weighted by Gasteiger charge is 2.07. The van der Waals surface area contributed by atoms with E-state index >= 15 is 0 Å². The first-order valence-electron chi connectivity index (χ1n) is 2.78. The maximum Gasteiger partial charge on any atom is 0.433 e. The Balaban J connectivity index is 4.25. The third-order valence-electron chi connectivity index (χ3n) is 0.763. The van der Waals surface area contributed by atoms with Gasteiger partial charge in [-0.3, -0.25) is 9.63 Å². The van der Waals surface area contributed by atoms with Crippen LogP contribution in [0.15, 0.2) is 5.16 Å². The van der Waals surface area contributed by atoms with E-state index in [1.54, 1.807) is 0 Å². The standard InChI is InChI=1S/C5H6N4O3/c1-8-5(11)12-9-3(2-6)4(7)10/h1H3,(H2,7,10)(H,8,11)/b9-3-. The largest absolute Gasteiger partial charge is 0.433 e. The van der Waals surface area contributed by atoms with Crippen LogP contribution in [0.5, 0.6) is 0 Å². The first-order chi connectivity index (χ1) is 5.61. The van der Waals surface area contributed by atoms with Gasteiger partial charge in [0.1, 0.15) is 6.07 Å². The Morgan fingerprint density at radius 3 is 2.58 bits per heavy atom. The zero-order valence-corrected chi connectivity index (χ0v) is 6.20. The van der Waals surface area contributed by atoms with Crippen LogP contribution >= 0.6 is 0 Å². The highest BCUT2D eigenvalue weighted by Crippen LogP contribution is 1.80. The second kappa shape index (κ2) is 4.68. The van der Waals surface area contributed by atoms with Crippen molar-refractivity contribution in [2.24, 2.45) is 10.9 Å². The van der Waals surface area contributed by atoms with Gasteiger partial charge in [0.15, 0.2) is 0 Å². The molecule has 0 heterocycles. The van der Waals surface area contributed by atoms with Crippen LogP contribution in [0, 0.1) is 11.3 Å². The summed E-state index contributed by atoms with van der Waals surface area (Å²) in [6, 6.07) is 1.35. The zero-order valence-electron chi connectivity index (χ0n) is 6.20. The number of nitrogens with one attached hydrogen (secondary N) is 1. The van der Waals surface area contributed by atoms with Crippen molar-refractivity contribution < 1.29 is 14.4 Å². The molecule has 7 heteroatoms. The lowest BCUT2D eigenvalue weighted by molar-refractivity contribution is -0.112. The normalized spacial score (nSPS) is 9.83. The van der Waals surface area contributed by atoms with Crippen LogP contribution < -0.4 is 11.1 Å². The molecular formula is C5H6N4O3. The molecule has 0 unspecified atom stereocenters. The topological polar surface area (TPSA) is 118 Å². The Morgan fingerprint density at radius 1 is 1.67 bits per heavy atom. The number of nitrogens with zero attached hydrogens (tertiary/aromatic N) is 2. The van der Waals surface area contributed by atoms with Crippen molar-refractivity contribution in [1.29, 1.82) is 5.26 Å². The molecular weight excluding hydrogens is 164 g/mol. The fourth-order valence-corrected chi connectivity index (χ4v) is 0.253. The van der Waals surface area contributed by atoms with E-state index < -0.39 is 17.7 Å². The summed E-state index contributed by atoms with van der Waals surface area (Å²) in [5, 5.41) is 13.1. The monoisotopic (exact) mass is 170 g/mol. The minimum Gasteiger partial charge on any atom is -0.364 e. The van der Waals surface area contributed by atoms with E-state index in [0.29, 0.717) is 0 Å². The first kappa shape index (κ1) is 9.90. The zero-order chi connectivity index (χ0) is 9.56. The van der Waals surface area contributed by atoms with E-state index in [2.05, 4.69) is 21.0 Å². The molecule has 0 aromatic rings. The molecule has 0 aliphatic heterocycles. The molecule has 0 atom stereocenters. The summed E-state index contributed by atoms with van der Waals surface area (Å²) in [4.78, 5) is 24.7. The van der Waals surface area contributed by atoms with Crippen molar-refractivity contribution in [3.05, 3.63) is 0 Å². The van der Waals surface area contributed by atoms with Crippen LogP contribution in [0.1, 0.15) is 0 Å². The Kier molecular flexibility index (Phi) is 3.86. The van der Waals surface area contributed by atoms with E-state index in [-0.39, 0.29) is 0 Å². The summed E-state index contributed by atoms with van der Waals surface area (Å²) < 4.78 is 0. The van der Waals surface area contributed by atoms with Gasteiger partial charge in [-0.25, -0.2) is 4.79 Å². The Hall–Kier alpha value is -2.10. The Morgan fingerprint density at radius 2 is 2.25 bits per heavy atom. The van der Waals surface area contributed by atoms with Crippen LogP contribution in [0.4, 0.5) is 4.79 Å². The van der Waals surface area contributed by atoms with Gasteiger partial charge in [0, 0.05) is 7.05 Å². The van der Waals surface area contributed by atoms with Crippen molar-refractivity contribution in [3.63, 3.8) is 0 Å². The minimum atomic E-state index is -1.05. The van der Waals surface area contributed by atoms with Gasteiger partial charge in [0.25, 0.3) is 5.91 Å². The van der Waals surface area contributed by atoms with Crippen molar-refractivity contribution in [3.8, 4) is 6.07 Å². The van der Waals surface area contributed by atoms with Crippen molar-refractivity contribution in [1.82, 2.24) is 5.32 Å². The molecule has 0 aliphatic carbocycles. The summed E-state index contributed by atoms with van der Waals surface area (Å²) in [7, 11) is 1.30. The second-order valence-electron chi connectivity index (χ2n) is 1.54. The predicted octanol–water partition coefficient (Wildman–Crippen LogP) is -1.29. The number of amides is 2. The molecule has 0 radical (unpaired) electrons. The maximum atomic E-state index is 10.4. The van der Waals surface area contributed by atoms with E-state index in [1.165, 1.54) is 13.1 Å². The number of carbonyl (C=O) groups is 2. The molecule has 0 aromatic heterocycles. The van der Waals surface area contributed by atoms with Crippen molar-refractivity contribution in [2.45, 2.75) is 0 Å². The highest BCUT2D eigenvalue weighted by atomic mass is 16.7. The van der Waals surface area contributed by atoms with E-state index in [1.807, 2.05) is 0 Å². The molecule has 0 aliphatic rings. The maximum absolute atomic E-state index is 10.4. The van der Waals surface area contributed by atoms with E-state index in [9.17, 15) is 9.59 Å². The van der Waals surface area contributed by atoms with Crippen LogP contribution in [-0.2, 0) is 9.63 Å². The lowest BCUT2D eigenvalue weighted by Gasteiger charge is -1.93. The fourth-order valence-electron chi connectivity index (χ4n) is 0.253. The lowest BCUT2D eigenvalue weighted by Crippen LogP contribution is -2.24. The highest BCUT2D eigenvalue weighted by molar-refractivity contribution is 6.44. The van der Waals surface area contributed by atoms with Crippen molar-refractivity contribution in [2.75, 3.05) is 7.05 Å². The molecule has 0 rings (SSSR count). The first-order valence-corrected chi connectivity index (χ1v) is 2.78. The number of rotatable bonds is 2. The molecule has 0 spiro atoms. The minimum absolute atomic E-state index is 0.668. The van der Waals surface area contributed by atoms with Gasteiger partial charge in [0.05, 0.1) is 0 Å². The van der Waals surface area contributed by atoms with Crippen molar-refractivity contribution >= 4 is 17.7 Å². The van der Waals surface area contributed by atoms with Crippen LogP contribution in [-0.4, -0.2) is 24.8 Å². The molecule has 0 aromatic carbocycles. The van der Waals surface area contributed by atoms with Gasteiger partial charge in [0.2, 0.25) is 5.71 Å². The van der Waals surface area contributed by atoms with Gasteiger partial charge >= 0.3 is 6.09 Å². The Bertz CT molecular complexity index is 264. The summed E-state index contributed by atoms with van der Waals surface area (Å²) in [6.07, 6.45) is -0.885. The number of oxime groups is 1. The smallest absolute Gasteiger partial charge is 0.364 e. The molecule has 0 fully saturated rings.